The van der Waals surface area contributed by atoms with Gasteiger partial charge in [0.2, 0.25) is 0 Å². The van der Waals surface area contributed by atoms with E-state index in [0.717, 1.165) is 18.4 Å². The summed E-state index contributed by atoms with van der Waals surface area (Å²) in [6, 6.07) is 0. The quantitative estimate of drug-likeness (QED) is 0.461. The first kappa shape index (κ1) is 19.1. The molecule has 0 bridgehead atoms. The predicted octanol–water partition coefficient (Wildman–Crippen LogP) is 3.62. The molecule has 0 aliphatic carbocycles. The summed E-state index contributed by atoms with van der Waals surface area (Å²) >= 11 is 0.479. The highest BCUT2D eigenvalue weighted by molar-refractivity contribution is 8.55. The first-order valence-corrected chi connectivity index (χ1v) is 10.2. The number of allylic oxidation sites excluding steroid dienone is 3. The molecule has 0 aliphatic heterocycles. The van der Waals surface area contributed by atoms with Gasteiger partial charge in [0.15, 0.2) is 0 Å². The smallest absolute Gasteiger partial charge is 0.316 e. The Morgan fingerprint density at radius 3 is 2.21 bits per heavy atom. The number of hydrogen-bond acceptors (Lipinski definition) is 4. The third kappa shape index (κ3) is 12.9. The van der Waals surface area contributed by atoms with Gasteiger partial charge in [-0.2, -0.15) is 4.31 Å². The van der Waals surface area contributed by atoms with Gasteiger partial charge in [-0.05, 0) is 45.0 Å². The van der Waals surface area contributed by atoms with Gasteiger partial charge >= 0.3 is 14.6 Å². The van der Waals surface area contributed by atoms with Crippen LogP contribution >= 0.6 is 26.0 Å². The molecule has 3 N–H and O–H groups in total. The van der Waals surface area contributed by atoms with Crippen LogP contribution in [0.25, 0.3) is 0 Å². The Kier molecular flexibility index (Phi) is 8.48. The van der Waals surface area contributed by atoms with E-state index in [1.807, 2.05) is 20.8 Å². The van der Waals surface area contributed by atoms with Crippen molar-refractivity contribution in [2.75, 3.05) is 5.75 Å². The van der Waals surface area contributed by atoms with Crippen molar-refractivity contribution >= 4 is 26.0 Å². The molecule has 0 amide bonds. The monoisotopic (exact) mass is 330 g/mol. The third-order valence-electron chi connectivity index (χ3n) is 1.97. The standard InChI is InChI=1S/C10H20O6P2S/c1-9(2)5-4-6-10(3)7-8-19-18(14,15)16-17(11,12)13/h5,7H,4,6,8H2,1-3H3,(H,14,15)(H2,11,12,13)/b10-7+. The van der Waals surface area contributed by atoms with Crippen LogP contribution in [0.5, 0.6) is 0 Å². The van der Waals surface area contributed by atoms with Crippen molar-refractivity contribution < 1.29 is 28.1 Å². The maximum absolute atomic E-state index is 11.3. The van der Waals surface area contributed by atoms with E-state index >= 15 is 0 Å². The summed E-state index contributed by atoms with van der Waals surface area (Å²) in [5.41, 5.74) is 2.28. The van der Waals surface area contributed by atoms with Gasteiger partial charge in [-0.1, -0.05) is 23.3 Å². The normalized spacial score (nSPS) is 16.0. The summed E-state index contributed by atoms with van der Waals surface area (Å²) in [5, 5.41) is 0. The molecule has 0 fully saturated rings. The maximum atomic E-state index is 11.3. The molecule has 0 rings (SSSR count). The van der Waals surface area contributed by atoms with E-state index in [-0.39, 0.29) is 5.75 Å². The fourth-order valence-electron chi connectivity index (χ4n) is 1.12. The van der Waals surface area contributed by atoms with Crippen molar-refractivity contribution in [3.8, 4) is 0 Å². The molecule has 0 heterocycles. The Labute approximate surface area is 117 Å². The van der Waals surface area contributed by atoms with E-state index < -0.39 is 14.6 Å². The highest BCUT2D eigenvalue weighted by Crippen LogP contribution is 2.64. The minimum absolute atomic E-state index is 0.161. The van der Waals surface area contributed by atoms with Gasteiger partial charge in [0.05, 0.1) is 0 Å². The van der Waals surface area contributed by atoms with Crippen molar-refractivity contribution in [3.63, 3.8) is 0 Å². The van der Waals surface area contributed by atoms with Crippen LogP contribution in [0.15, 0.2) is 23.3 Å². The Morgan fingerprint density at radius 2 is 1.74 bits per heavy atom. The van der Waals surface area contributed by atoms with Gasteiger partial charge in [0.1, 0.15) is 0 Å². The van der Waals surface area contributed by atoms with Crippen molar-refractivity contribution in [2.45, 2.75) is 33.6 Å². The van der Waals surface area contributed by atoms with Crippen molar-refractivity contribution in [1.29, 1.82) is 0 Å². The summed E-state index contributed by atoms with van der Waals surface area (Å²) in [5.74, 6) is 0.161. The van der Waals surface area contributed by atoms with Gasteiger partial charge < -0.3 is 14.7 Å². The van der Waals surface area contributed by atoms with E-state index in [4.69, 9.17) is 9.79 Å². The van der Waals surface area contributed by atoms with Crippen LogP contribution in [0, 0.1) is 0 Å². The van der Waals surface area contributed by atoms with E-state index in [2.05, 4.69) is 10.4 Å². The predicted molar refractivity (Wildman–Crippen MR) is 77.8 cm³/mol. The third-order valence-corrected chi connectivity index (χ3v) is 6.31. The first-order valence-electron chi connectivity index (χ1n) is 5.55. The van der Waals surface area contributed by atoms with Crippen LogP contribution in [-0.4, -0.2) is 20.4 Å². The molecule has 0 spiro atoms. The van der Waals surface area contributed by atoms with Gasteiger partial charge in [-0.25, -0.2) is 9.13 Å². The summed E-state index contributed by atoms with van der Waals surface area (Å²) in [4.78, 5) is 26.1. The molecule has 1 atom stereocenters. The summed E-state index contributed by atoms with van der Waals surface area (Å²) in [6.45, 7) is 1.60. The zero-order valence-electron chi connectivity index (χ0n) is 11.1. The van der Waals surface area contributed by atoms with Gasteiger partial charge in [0, 0.05) is 5.75 Å². The number of hydrogen-bond donors (Lipinski definition) is 3. The van der Waals surface area contributed by atoms with Crippen LogP contribution in [0.2, 0.25) is 0 Å². The molecule has 112 valence electrons. The van der Waals surface area contributed by atoms with E-state index in [1.165, 1.54) is 5.57 Å². The molecule has 0 saturated carbocycles. The Balaban J connectivity index is 4.16. The Morgan fingerprint density at radius 1 is 1.16 bits per heavy atom. The number of phosphoric acid groups is 1. The molecule has 0 aromatic carbocycles. The van der Waals surface area contributed by atoms with Crippen molar-refractivity contribution in [1.82, 2.24) is 0 Å². The molecule has 0 saturated heterocycles. The average molecular weight is 330 g/mol. The minimum Gasteiger partial charge on any atom is -0.316 e. The van der Waals surface area contributed by atoms with Crippen molar-refractivity contribution in [2.24, 2.45) is 0 Å². The lowest BCUT2D eigenvalue weighted by molar-refractivity contribution is 0.270. The molecule has 0 aliphatic rings. The molecule has 6 nitrogen and oxygen atoms in total. The number of rotatable bonds is 8. The molecule has 19 heavy (non-hydrogen) atoms. The molecular formula is C10H20O6P2S. The second-order valence-corrected chi connectivity index (χ2v) is 9.53. The van der Waals surface area contributed by atoms with E-state index in [1.54, 1.807) is 6.08 Å². The van der Waals surface area contributed by atoms with Gasteiger partial charge in [0.25, 0.3) is 0 Å². The van der Waals surface area contributed by atoms with Crippen LogP contribution in [0.1, 0.15) is 33.6 Å². The highest BCUT2D eigenvalue weighted by Gasteiger charge is 2.30. The van der Waals surface area contributed by atoms with Crippen molar-refractivity contribution in [3.05, 3.63) is 23.3 Å². The van der Waals surface area contributed by atoms with Crippen LogP contribution in [0.3, 0.4) is 0 Å². The minimum atomic E-state index is -4.94. The summed E-state index contributed by atoms with van der Waals surface area (Å²) in [7, 11) is -4.94. The fourth-order valence-corrected chi connectivity index (χ4v) is 4.93. The van der Waals surface area contributed by atoms with Gasteiger partial charge in [-0.15, -0.1) is 0 Å². The molecule has 9 heteroatoms. The zero-order chi connectivity index (χ0) is 15.1. The largest absolute Gasteiger partial charge is 0.477 e. The lowest BCUT2D eigenvalue weighted by Crippen LogP contribution is -1.86. The second kappa shape index (κ2) is 8.42. The molecule has 0 aromatic rings. The highest BCUT2D eigenvalue weighted by atomic mass is 32.7. The molecular weight excluding hydrogens is 310 g/mol. The average Bonchev–Trinajstić information content (AvgIpc) is 2.12. The van der Waals surface area contributed by atoms with E-state index in [9.17, 15) is 14.0 Å². The fraction of sp³-hybridized carbons (Fsp3) is 0.600. The molecule has 1 unspecified atom stereocenters. The molecule has 0 aromatic heterocycles. The summed E-state index contributed by atoms with van der Waals surface area (Å²) < 4.78 is 25.6. The SMILES string of the molecule is CC(C)=CCC/C(C)=C/CSP(=O)(O)OP(=O)(O)O. The van der Waals surface area contributed by atoms with Gasteiger partial charge in [-0.3, -0.25) is 0 Å². The topological polar surface area (TPSA) is 104 Å². The first-order chi connectivity index (χ1) is 8.52. The van der Waals surface area contributed by atoms with Crippen LogP contribution in [-0.2, 0) is 13.4 Å². The Hall–Kier alpha value is 0.130. The second-order valence-electron chi connectivity index (χ2n) is 4.21. The zero-order valence-corrected chi connectivity index (χ0v) is 13.8. The summed E-state index contributed by atoms with van der Waals surface area (Å²) in [6.07, 6.45) is 5.57. The maximum Gasteiger partial charge on any atom is 0.477 e. The Bertz CT molecular complexity index is 435. The van der Waals surface area contributed by atoms with Crippen LogP contribution < -0.4 is 0 Å². The van der Waals surface area contributed by atoms with E-state index in [0.29, 0.717) is 11.4 Å². The lowest BCUT2D eigenvalue weighted by atomic mass is 10.1. The lowest BCUT2D eigenvalue weighted by Gasteiger charge is -2.10. The molecule has 0 radical (unpaired) electrons. The van der Waals surface area contributed by atoms with Crippen LogP contribution in [0.4, 0.5) is 0 Å².